The van der Waals surface area contributed by atoms with Crippen LogP contribution in [0, 0.1) is 17.2 Å². The smallest absolute Gasteiger partial charge is 0.0758 e. The summed E-state index contributed by atoms with van der Waals surface area (Å²) >= 11 is 0. The number of hydrogen-bond acceptors (Lipinski definition) is 3. The van der Waals surface area contributed by atoms with E-state index in [0.717, 1.165) is 32.4 Å². The molecule has 0 radical (unpaired) electrons. The van der Waals surface area contributed by atoms with E-state index >= 15 is 0 Å². The first-order valence-corrected chi connectivity index (χ1v) is 6.48. The van der Waals surface area contributed by atoms with Gasteiger partial charge in [-0.2, -0.15) is 5.26 Å². The summed E-state index contributed by atoms with van der Waals surface area (Å²) in [5, 5.41) is 19.2. The molecule has 0 aromatic heterocycles. The van der Waals surface area contributed by atoms with E-state index in [4.69, 9.17) is 0 Å². The van der Waals surface area contributed by atoms with Gasteiger partial charge in [0.1, 0.15) is 0 Å². The molecular formula is C13H22N2O. The van der Waals surface area contributed by atoms with Crippen molar-refractivity contribution in [2.24, 2.45) is 5.92 Å². The van der Waals surface area contributed by atoms with Crippen LogP contribution in [-0.2, 0) is 0 Å². The van der Waals surface area contributed by atoms with E-state index in [0.29, 0.717) is 6.04 Å². The summed E-state index contributed by atoms with van der Waals surface area (Å²) in [6.07, 6.45) is 6.72. The van der Waals surface area contributed by atoms with Gasteiger partial charge in [0.25, 0.3) is 0 Å². The topological polar surface area (TPSA) is 47.3 Å². The molecule has 2 fully saturated rings. The number of β-amino-alcohol motifs (C(OH)–C–C–N with tert-alkyl or cyclic N) is 1. The molecule has 3 unspecified atom stereocenters. The van der Waals surface area contributed by atoms with E-state index in [2.05, 4.69) is 11.0 Å². The second kappa shape index (κ2) is 4.73. The molecule has 1 saturated heterocycles. The average Bonchev–Trinajstić information content (AvgIpc) is 2.50. The van der Waals surface area contributed by atoms with Gasteiger partial charge in [-0.05, 0) is 26.2 Å². The molecule has 1 saturated carbocycles. The lowest BCUT2D eigenvalue weighted by molar-refractivity contribution is 0.0574. The molecule has 3 nitrogen and oxygen atoms in total. The molecule has 90 valence electrons. The highest BCUT2D eigenvalue weighted by atomic mass is 16.3. The van der Waals surface area contributed by atoms with Gasteiger partial charge >= 0.3 is 0 Å². The number of hydrogen-bond donors (Lipinski definition) is 1. The molecule has 1 aliphatic carbocycles. The van der Waals surface area contributed by atoms with Crippen molar-refractivity contribution in [3.8, 4) is 6.07 Å². The molecule has 0 amide bonds. The molecule has 1 heterocycles. The third-order valence-electron chi connectivity index (χ3n) is 4.10. The van der Waals surface area contributed by atoms with Crippen LogP contribution in [-0.4, -0.2) is 34.7 Å². The molecule has 0 aromatic carbocycles. The van der Waals surface area contributed by atoms with Crippen molar-refractivity contribution < 1.29 is 5.11 Å². The standard InChI is InChI=1S/C13H22N2O/c1-13(16)7-8-15(10-13)12-6-4-2-3-5-11(12)9-14/h11-12,16H,2-8,10H2,1H3. The van der Waals surface area contributed by atoms with Crippen LogP contribution in [0.3, 0.4) is 0 Å². The Bertz CT molecular complexity index is 282. The summed E-state index contributed by atoms with van der Waals surface area (Å²) < 4.78 is 0. The van der Waals surface area contributed by atoms with E-state index in [9.17, 15) is 10.4 Å². The molecule has 2 rings (SSSR count). The molecule has 0 aromatic rings. The Morgan fingerprint density at radius 1 is 1.31 bits per heavy atom. The maximum absolute atomic E-state index is 10.0. The lowest BCUT2D eigenvalue weighted by atomic mass is 9.95. The maximum atomic E-state index is 10.0. The summed E-state index contributed by atoms with van der Waals surface area (Å²) in [5.74, 6) is 0.177. The third-order valence-corrected chi connectivity index (χ3v) is 4.10. The summed E-state index contributed by atoms with van der Waals surface area (Å²) in [6.45, 7) is 3.61. The highest BCUT2D eigenvalue weighted by molar-refractivity contribution is 4.98. The number of nitrogens with zero attached hydrogens (tertiary/aromatic N) is 2. The Hall–Kier alpha value is -0.590. The lowest BCUT2D eigenvalue weighted by Crippen LogP contribution is -2.40. The highest BCUT2D eigenvalue weighted by Crippen LogP contribution is 2.31. The predicted molar refractivity (Wildman–Crippen MR) is 62.8 cm³/mol. The van der Waals surface area contributed by atoms with Crippen molar-refractivity contribution in [3.63, 3.8) is 0 Å². The Kier molecular flexibility index (Phi) is 3.51. The fourth-order valence-electron chi connectivity index (χ4n) is 3.14. The van der Waals surface area contributed by atoms with Crippen LogP contribution in [0.25, 0.3) is 0 Å². The molecule has 1 N–H and O–H groups in total. The fourth-order valence-corrected chi connectivity index (χ4v) is 3.14. The van der Waals surface area contributed by atoms with Gasteiger partial charge in [0.15, 0.2) is 0 Å². The van der Waals surface area contributed by atoms with Crippen LogP contribution in [0.2, 0.25) is 0 Å². The Balaban J connectivity index is 2.03. The van der Waals surface area contributed by atoms with Crippen molar-refractivity contribution in [1.29, 1.82) is 5.26 Å². The summed E-state index contributed by atoms with van der Waals surface area (Å²) in [7, 11) is 0. The minimum Gasteiger partial charge on any atom is -0.389 e. The highest BCUT2D eigenvalue weighted by Gasteiger charge is 2.38. The van der Waals surface area contributed by atoms with E-state index in [1.807, 2.05) is 6.92 Å². The second-order valence-electron chi connectivity index (χ2n) is 5.66. The zero-order valence-corrected chi connectivity index (χ0v) is 10.2. The van der Waals surface area contributed by atoms with Gasteiger partial charge < -0.3 is 5.11 Å². The Morgan fingerprint density at radius 2 is 2.06 bits per heavy atom. The number of aliphatic hydroxyl groups is 1. The van der Waals surface area contributed by atoms with Crippen molar-refractivity contribution in [1.82, 2.24) is 4.90 Å². The number of rotatable bonds is 1. The molecule has 1 aliphatic heterocycles. The van der Waals surface area contributed by atoms with Crippen molar-refractivity contribution in [2.75, 3.05) is 13.1 Å². The first kappa shape index (κ1) is 11.9. The van der Waals surface area contributed by atoms with Crippen molar-refractivity contribution >= 4 is 0 Å². The minimum absolute atomic E-state index is 0.177. The molecule has 2 aliphatic rings. The molecule has 0 spiro atoms. The van der Waals surface area contributed by atoms with Crippen LogP contribution in [0.1, 0.15) is 45.4 Å². The normalized spacial score (nSPS) is 41.6. The first-order valence-electron chi connectivity index (χ1n) is 6.48. The fraction of sp³-hybridized carbons (Fsp3) is 0.923. The first-order chi connectivity index (χ1) is 7.62. The summed E-state index contributed by atoms with van der Waals surface area (Å²) in [5.41, 5.74) is -0.535. The third kappa shape index (κ3) is 2.56. The van der Waals surface area contributed by atoms with Crippen molar-refractivity contribution in [2.45, 2.75) is 57.1 Å². The zero-order valence-electron chi connectivity index (χ0n) is 10.2. The van der Waals surface area contributed by atoms with Gasteiger partial charge in [-0.1, -0.05) is 19.3 Å². The predicted octanol–water partition coefficient (Wildman–Crippen LogP) is 1.92. The number of nitriles is 1. The van der Waals surface area contributed by atoms with E-state index in [-0.39, 0.29) is 5.92 Å². The van der Waals surface area contributed by atoms with Crippen LogP contribution in [0.4, 0.5) is 0 Å². The van der Waals surface area contributed by atoms with Crippen LogP contribution < -0.4 is 0 Å². The summed E-state index contributed by atoms with van der Waals surface area (Å²) in [4.78, 5) is 2.35. The van der Waals surface area contributed by atoms with Gasteiger partial charge in [0, 0.05) is 19.1 Å². The van der Waals surface area contributed by atoms with Gasteiger partial charge in [-0.25, -0.2) is 0 Å². The summed E-state index contributed by atoms with van der Waals surface area (Å²) in [6, 6.07) is 2.87. The van der Waals surface area contributed by atoms with Gasteiger partial charge in [-0.3, -0.25) is 4.90 Å². The van der Waals surface area contributed by atoms with Gasteiger partial charge in [0.05, 0.1) is 17.6 Å². The molecule has 3 heteroatoms. The lowest BCUT2D eigenvalue weighted by Gasteiger charge is -2.30. The molecule has 0 bridgehead atoms. The van der Waals surface area contributed by atoms with Crippen LogP contribution >= 0.6 is 0 Å². The van der Waals surface area contributed by atoms with Gasteiger partial charge in [-0.15, -0.1) is 0 Å². The molecular weight excluding hydrogens is 200 g/mol. The van der Waals surface area contributed by atoms with E-state index in [1.54, 1.807) is 0 Å². The van der Waals surface area contributed by atoms with E-state index in [1.165, 1.54) is 19.3 Å². The quantitative estimate of drug-likeness (QED) is 0.689. The SMILES string of the molecule is CC1(O)CCN(C2CCCCCC2C#N)C1. The van der Waals surface area contributed by atoms with Crippen LogP contribution in [0.5, 0.6) is 0 Å². The second-order valence-corrected chi connectivity index (χ2v) is 5.66. The maximum Gasteiger partial charge on any atom is 0.0758 e. The average molecular weight is 222 g/mol. The van der Waals surface area contributed by atoms with Crippen molar-refractivity contribution in [3.05, 3.63) is 0 Å². The van der Waals surface area contributed by atoms with Gasteiger partial charge in [0.2, 0.25) is 0 Å². The minimum atomic E-state index is -0.535. The monoisotopic (exact) mass is 222 g/mol. The van der Waals surface area contributed by atoms with Crippen LogP contribution in [0.15, 0.2) is 0 Å². The largest absolute Gasteiger partial charge is 0.389 e. The molecule has 16 heavy (non-hydrogen) atoms. The Labute approximate surface area is 98.1 Å². The Morgan fingerprint density at radius 3 is 2.69 bits per heavy atom. The van der Waals surface area contributed by atoms with E-state index < -0.39 is 5.60 Å². The zero-order chi connectivity index (χ0) is 11.6. The number of likely N-dealkylation sites (tertiary alicyclic amines) is 1. The molecule has 3 atom stereocenters.